The number of piperidine rings is 1. The van der Waals surface area contributed by atoms with Crippen LogP contribution in [0.3, 0.4) is 0 Å². The van der Waals surface area contributed by atoms with Gasteiger partial charge in [-0.25, -0.2) is 9.97 Å². The SMILES string of the molecule is CC1CCCN(c2nc(C(C)n3ccnc3)cc(=O)[nH]2)C1. The lowest BCUT2D eigenvalue weighted by Crippen LogP contribution is -2.36. The smallest absolute Gasteiger partial charge is 0.252 e. The third-order valence-electron chi connectivity index (χ3n) is 4.11. The van der Waals surface area contributed by atoms with Gasteiger partial charge in [-0.1, -0.05) is 6.92 Å². The third kappa shape index (κ3) is 2.99. The van der Waals surface area contributed by atoms with E-state index in [2.05, 4.69) is 26.8 Å². The van der Waals surface area contributed by atoms with Crippen molar-refractivity contribution in [2.75, 3.05) is 18.0 Å². The normalized spacial score (nSPS) is 20.5. The minimum absolute atomic E-state index is 0.00392. The maximum absolute atomic E-state index is 12.0. The monoisotopic (exact) mass is 287 g/mol. The summed E-state index contributed by atoms with van der Waals surface area (Å²) in [5.41, 5.74) is 0.671. The van der Waals surface area contributed by atoms with Gasteiger partial charge in [-0.3, -0.25) is 9.78 Å². The molecule has 0 radical (unpaired) electrons. The van der Waals surface area contributed by atoms with Crippen molar-refractivity contribution < 1.29 is 0 Å². The van der Waals surface area contributed by atoms with Crippen molar-refractivity contribution in [1.82, 2.24) is 19.5 Å². The molecule has 21 heavy (non-hydrogen) atoms. The van der Waals surface area contributed by atoms with Crippen LogP contribution in [0.15, 0.2) is 29.6 Å². The molecule has 2 atom stereocenters. The third-order valence-corrected chi connectivity index (χ3v) is 4.11. The Balaban J connectivity index is 1.91. The van der Waals surface area contributed by atoms with Crippen LogP contribution in [0.5, 0.6) is 0 Å². The first-order valence-electron chi connectivity index (χ1n) is 7.47. The van der Waals surface area contributed by atoms with E-state index in [0.29, 0.717) is 11.9 Å². The summed E-state index contributed by atoms with van der Waals surface area (Å²) in [7, 11) is 0. The maximum atomic E-state index is 12.0. The number of nitrogens with one attached hydrogen (secondary N) is 1. The molecule has 1 N–H and O–H groups in total. The topological polar surface area (TPSA) is 66.8 Å². The van der Waals surface area contributed by atoms with Crippen LogP contribution < -0.4 is 10.5 Å². The molecule has 0 aliphatic carbocycles. The average molecular weight is 287 g/mol. The van der Waals surface area contributed by atoms with Gasteiger partial charge in [0.25, 0.3) is 5.56 Å². The number of hydrogen-bond acceptors (Lipinski definition) is 4. The lowest BCUT2D eigenvalue weighted by atomic mass is 10.0. The molecular formula is C15H21N5O. The summed E-state index contributed by atoms with van der Waals surface area (Å²) in [6.07, 6.45) is 7.75. The van der Waals surface area contributed by atoms with E-state index in [9.17, 15) is 4.79 Å². The number of H-pyrrole nitrogens is 1. The Kier molecular flexibility index (Phi) is 3.77. The molecule has 112 valence electrons. The van der Waals surface area contributed by atoms with Crippen LogP contribution >= 0.6 is 0 Å². The van der Waals surface area contributed by atoms with Crippen molar-refractivity contribution in [2.24, 2.45) is 5.92 Å². The molecule has 0 bridgehead atoms. The second kappa shape index (κ2) is 5.71. The van der Waals surface area contributed by atoms with Crippen molar-refractivity contribution in [1.29, 1.82) is 0 Å². The molecule has 6 nitrogen and oxygen atoms in total. The molecule has 6 heteroatoms. The second-order valence-electron chi connectivity index (χ2n) is 5.87. The van der Waals surface area contributed by atoms with E-state index in [1.807, 2.05) is 17.7 Å². The first-order chi connectivity index (χ1) is 10.1. The van der Waals surface area contributed by atoms with Crippen molar-refractivity contribution in [3.63, 3.8) is 0 Å². The lowest BCUT2D eigenvalue weighted by molar-refractivity contribution is 0.441. The highest BCUT2D eigenvalue weighted by molar-refractivity contribution is 5.31. The molecule has 1 fully saturated rings. The Morgan fingerprint density at radius 2 is 2.33 bits per heavy atom. The Hall–Kier alpha value is -2.11. The molecule has 1 aliphatic heterocycles. The molecule has 1 saturated heterocycles. The maximum Gasteiger partial charge on any atom is 0.252 e. The first kappa shape index (κ1) is 13.9. The number of hydrogen-bond donors (Lipinski definition) is 1. The van der Waals surface area contributed by atoms with Gasteiger partial charge in [0.15, 0.2) is 0 Å². The minimum atomic E-state index is -0.0970. The van der Waals surface area contributed by atoms with Crippen LogP contribution in [0.1, 0.15) is 38.4 Å². The highest BCUT2D eigenvalue weighted by Gasteiger charge is 2.20. The molecular weight excluding hydrogens is 266 g/mol. The van der Waals surface area contributed by atoms with E-state index in [4.69, 9.17) is 0 Å². The minimum Gasteiger partial charge on any atom is -0.342 e. The van der Waals surface area contributed by atoms with Gasteiger partial charge < -0.3 is 9.47 Å². The summed E-state index contributed by atoms with van der Waals surface area (Å²) in [6.45, 7) is 6.16. The molecule has 3 rings (SSSR count). The first-order valence-corrected chi connectivity index (χ1v) is 7.47. The second-order valence-corrected chi connectivity index (χ2v) is 5.87. The van der Waals surface area contributed by atoms with Crippen LogP contribution in [0.2, 0.25) is 0 Å². The number of anilines is 1. The van der Waals surface area contributed by atoms with Gasteiger partial charge >= 0.3 is 0 Å². The van der Waals surface area contributed by atoms with Crippen LogP contribution in [0.25, 0.3) is 0 Å². The summed E-state index contributed by atoms with van der Waals surface area (Å²) in [5.74, 6) is 1.33. The van der Waals surface area contributed by atoms with E-state index in [1.165, 1.54) is 6.42 Å². The van der Waals surface area contributed by atoms with E-state index in [-0.39, 0.29) is 11.6 Å². The number of nitrogens with zero attached hydrogens (tertiary/aromatic N) is 4. The predicted molar refractivity (Wildman–Crippen MR) is 81.5 cm³/mol. The van der Waals surface area contributed by atoms with Crippen molar-refractivity contribution in [3.05, 3.63) is 40.8 Å². The zero-order chi connectivity index (χ0) is 14.8. The molecule has 0 saturated carbocycles. The zero-order valence-electron chi connectivity index (χ0n) is 12.5. The molecule has 2 unspecified atom stereocenters. The predicted octanol–water partition coefficient (Wildman–Crippen LogP) is 1.81. The Labute approximate surface area is 123 Å². The van der Waals surface area contributed by atoms with Crippen LogP contribution in [-0.4, -0.2) is 32.6 Å². The number of rotatable bonds is 3. The summed E-state index contributed by atoms with van der Waals surface area (Å²) in [4.78, 5) is 25.7. The van der Waals surface area contributed by atoms with Crippen LogP contribution in [0, 0.1) is 5.92 Å². The molecule has 0 amide bonds. The fourth-order valence-corrected chi connectivity index (χ4v) is 2.86. The average Bonchev–Trinajstić information content (AvgIpc) is 3.00. The van der Waals surface area contributed by atoms with E-state index >= 15 is 0 Å². The molecule has 3 heterocycles. The standard InChI is InChI=1S/C15H21N5O/c1-11-4-3-6-19(9-11)15-17-13(8-14(21)18-15)12(2)20-7-5-16-10-20/h5,7-8,10-12H,3-4,6,9H2,1-2H3,(H,17,18,21). The van der Waals surface area contributed by atoms with Crippen molar-refractivity contribution in [3.8, 4) is 0 Å². The van der Waals surface area contributed by atoms with Crippen molar-refractivity contribution in [2.45, 2.75) is 32.7 Å². The van der Waals surface area contributed by atoms with Crippen LogP contribution in [0.4, 0.5) is 5.95 Å². The quantitative estimate of drug-likeness (QED) is 0.935. The number of aromatic amines is 1. The Bertz CT molecular complexity index is 648. The number of imidazole rings is 1. The van der Waals surface area contributed by atoms with Gasteiger partial charge in [0.2, 0.25) is 5.95 Å². The Morgan fingerprint density at radius 1 is 1.48 bits per heavy atom. The van der Waals surface area contributed by atoms with Gasteiger partial charge in [-0.2, -0.15) is 0 Å². The largest absolute Gasteiger partial charge is 0.342 e. The Morgan fingerprint density at radius 3 is 3.05 bits per heavy atom. The molecule has 1 aliphatic rings. The highest BCUT2D eigenvalue weighted by atomic mass is 16.1. The number of aromatic nitrogens is 4. The lowest BCUT2D eigenvalue weighted by Gasteiger charge is -2.31. The zero-order valence-corrected chi connectivity index (χ0v) is 12.5. The fraction of sp³-hybridized carbons (Fsp3) is 0.533. The summed E-state index contributed by atoms with van der Waals surface area (Å²) in [6, 6.07) is 1.57. The van der Waals surface area contributed by atoms with E-state index < -0.39 is 0 Å². The van der Waals surface area contributed by atoms with Gasteiger partial charge in [-0.05, 0) is 25.7 Å². The molecule has 2 aromatic rings. The van der Waals surface area contributed by atoms with E-state index in [0.717, 1.165) is 25.2 Å². The fourth-order valence-electron chi connectivity index (χ4n) is 2.86. The van der Waals surface area contributed by atoms with Gasteiger partial charge in [0, 0.05) is 31.5 Å². The molecule has 0 aromatic carbocycles. The highest BCUT2D eigenvalue weighted by Crippen LogP contribution is 2.21. The van der Waals surface area contributed by atoms with Crippen LogP contribution in [-0.2, 0) is 0 Å². The molecule has 0 spiro atoms. The van der Waals surface area contributed by atoms with Gasteiger partial charge in [0.1, 0.15) is 0 Å². The summed E-state index contributed by atoms with van der Waals surface area (Å²) in [5, 5.41) is 0. The van der Waals surface area contributed by atoms with Gasteiger partial charge in [0.05, 0.1) is 18.1 Å². The molecule has 2 aromatic heterocycles. The van der Waals surface area contributed by atoms with Gasteiger partial charge in [-0.15, -0.1) is 0 Å². The summed E-state index contributed by atoms with van der Waals surface area (Å²) >= 11 is 0. The van der Waals surface area contributed by atoms with E-state index in [1.54, 1.807) is 18.6 Å². The van der Waals surface area contributed by atoms with Crippen molar-refractivity contribution >= 4 is 5.95 Å². The summed E-state index contributed by atoms with van der Waals surface area (Å²) < 4.78 is 1.95.